The quantitative estimate of drug-likeness (QED) is 0.234. The Kier molecular flexibility index (Phi) is 5.76. The Morgan fingerprint density at radius 3 is 2.15 bits per heavy atom. The molecule has 2 aliphatic heterocycles. The van der Waals surface area contributed by atoms with Gasteiger partial charge in [0.05, 0.1) is 7.11 Å². The molecule has 0 aliphatic carbocycles. The van der Waals surface area contributed by atoms with Crippen LogP contribution in [-0.4, -0.2) is 36.3 Å². The Bertz CT molecular complexity index is 1740. The second-order valence-electron chi connectivity index (χ2n) is 11.0. The van der Waals surface area contributed by atoms with Gasteiger partial charge in [0, 0.05) is 22.3 Å². The molecule has 2 aliphatic rings. The van der Waals surface area contributed by atoms with E-state index in [0.717, 1.165) is 17.9 Å². The van der Waals surface area contributed by atoms with Crippen molar-refractivity contribution in [1.82, 2.24) is 0 Å². The molecule has 5 aromatic rings. The molecule has 0 radical (unpaired) electrons. The molecule has 0 bridgehead atoms. The van der Waals surface area contributed by atoms with Crippen molar-refractivity contribution in [3.8, 4) is 16.9 Å². The average Bonchev–Trinajstić information content (AvgIpc) is 3.14. The highest BCUT2D eigenvalue weighted by atomic mass is 16.7. The van der Waals surface area contributed by atoms with Crippen LogP contribution >= 0.6 is 0 Å². The summed E-state index contributed by atoms with van der Waals surface area (Å²) in [5, 5.41) is 5.06. The summed E-state index contributed by atoms with van der Waals surface area (Å²) in [5.74, 6) is 0.166. The number of hydrogen-bond donors (Lipinski definition) is 0. The van der Waals surface area contributed by atoms with Crippen LogP contribution in [0.3, 0.4) is 0 Å². The van der Waals surface area contributed by atoms with Gasteiger partial charge in [-0.1, -0.05) is 78.9 Å². The van der Waals surface area contributed by atoms with Crippen molar-refractivity contribution >= 4 is 27.8 Å². The fraction of sp³-hybridized carbons (Fsp3) is 0.229. The zero-order chi connectivity index (χ0) is 26.6. The highest BCUT2D eigenvalue weighted by molar-refractivity contribution is 6.11. The van der Waals surface area contributed by atoms with E-state index >= 15 is 0 Å². The molecule has 4 heteroatoms. The number of fused-ring (bicyclic) bond motifs is 7. The lowest BCUT2D eigenvalue weighted by Crippen LogP contribution is -2.49. The number of methoxy groups -OCH3 is 1. The van der Waals surface area contributed by atoms with Gasteiger partial charge in [-0.25, -0.2) is 4.58 Å². The van der Waals surface area contributed by atoms with Gasteiger partial charge < -0.3 is 14.2 Å². The van der Waals surface area contributed by atoms with E-state index in [2.05, 4.69) is 95.7 Å². The van der Waals surface area contributed by atoms with E-state index in [0.29, 0.717) is 6.61 Å². The first kappa shape index (κ1) is 24.1. The summed E-state index contributed by atoms with van der Waals surface area (Å²) in [6, 6.07) is 34.7. The van der Waals surface area contributed by atoms with E-state index in [4.69, 9.17) is 14.2 Å². The Hall–Kier alpha value is -3.99. The first-order valence-electron chi connectivity index (χ1n) is 13.6. The number of hydrogen-bond acceptors (Lipinski definition) is 3. The molecule has 0 aromatic heterocycles. The molecule has 0 unspecified atom stereocenters. The smallest absolute Gasteiger partial charge is 0.206 e. The van der Waals surface area contributed by atoms with Crippen molar-refractivity contribution in [2.45, 2.75) is 38.3 Å². The minimum Gasteiger partial charge on any atom is -0.497 e. The van der Waals surface area contributed by atoms with Gasteiger partial charge in [0.2, 0.25) is 6.04 Å². The van der Waals surface area contributed by atoms with Crippen molar-refractivity contribution in [3.63, 3.8) is 0 Å². The summed E-state index contributed by atoms with van der Waals surface area (Å²) >= 11 is 0. The molecular formula is C35H32NO3+. The van der Waals surface area contributed by atoms with E-state index in [1.165, 1.54) is 43.8 Å². The maximum Gasteiger partial charge on any atom is 0.206 e. The Morgan fingerprint density at radius 1 is 0.769 bits per heavy atom. The van der Waals surface area contributed by atoms with Crippen molar-refractivity contribution in [3.05, 3.63) is 114 Å². The molecule has 7 rings (SSSR count). The van der Waals surface area contributed by atoms with Crippen LogP contribution < -0.4 is 4.74 Å². The zero-order valence-electron chi connectivity index (χ0n) is 22.6. The predicted octanol–water partition coefficient (Wildman–Crippen LogP) is 7.51. The maximum absolute atomic E-state index is 6.63. The zero-order valence-corrected chi connectivity index (χ0v) is 22.6. The average molecular weight is 515 g/mol. The first-order chi connectivity index (χ1) is 19.0. The van der Waals surface area contributed by atoms with Crippen LogP contribution in [0.1, 0.15) is 36.6 Å². The Morgan fingerprint density at radius 2 is 1.44 bits per heavy atom. The van der Waals surface area contributed by atoms with Crippen LogP contribution in [-0.2, 0) is 16.0 Å². The van der Waals surface area contributed by atoms with E-state index in [1.807, 2.05) is 26.0 Å². The fourth-order valence-electron chi connectivity index (χ4n) is 6.20. The molecule has 1 fully saturated rings. The minimum absolute atomic E-state index is 0.0110. The lowest BCUT2D eigenvalue weighted by atomic mass is 9.88. The summed E-state index contributed by atoms with van der Waals surface area (Å²) in [6.45, 7) is 5.31. The second kappa shape index (κ2) is 9.33. The van der Waals surface area contributed by atoms with Gasteiger partial charge in [0.1, 0.15) is 18.5 Å². The summed E-state index contributed by atoms with van der Waals surface area (Å²) in [4.78, 5) is 0. The summed E-state index contributed by atoms with van der Waals surface area (Å²) in [5.41, 5.74) is 6.24. The number of benzene rings is 5. The fourth-order valence-corrected chi connectivity index (χ4v) is 6.20. The minimum atomic E-state index is -0.671. The van der Waals surface area contributed by atoms with Gasteiger partial charge in [0.15, 0.2) is 18.5 Å². The van der Waals surface area contributed by atoms with Gasteiger partial charge in [-0.05, 0) is 59.2 Å². The van der Waals surface area contributed by atoms with Crippen LogP contribution in [0.15, 0.2) is 97.1 Å². The van der Waals surface area contributed by atoms with E-state index in [1.54, 1.807) is 7.11 Å². The molecule has 0 amide bonds. The van der Waals surface area contributed by atoms with E-state index in [9.17, 15) is 0 Å². The van der Waals surface area contributed by atoms with Crippen LogP contribution in [0.2, 0.25) is 0 Å². The second-order valence-corrected chi connectivity index (χ2v) is 11.0. The van der Waals surface area contributed by atoms with Gasteiger partial charge in [-0.15, -0.1) is 0 Å². The SMILES string of the molecule is COc1ccc([C@@H]2OC(C)(C)OC[C@@H]2[N+]2=Cc3ccc4ccccc4c3-c3c(ccc4ccccc34)C2)cc1. The molecule has 0 saturated carbocycles. The lowest BCUT2D eigenvalue weighted by Gasteiger charge is -2.39. The normalized spacial score (nSPS) is 20.1. The standard InChI is InChI=1S/C35H32NO3/c1-35(2)38-22-31(34(39-35)25-16-18-28(37-3)19-17-25)36-20-26-14-12-23-8-4-6-10-29(23)32(26)33-27(21-36)15-13-24-9-5-7-11-30(24)33/h4-20,31,34H,21-22H2,1-3H3/q+1/t31-,34-/m0/s1. The number of ether oxygens (including phenoxy) is 3. The topological polar surface area (TPSA) is 30.7 Å². The van der Waals surface area contributed by atoms with Gasteiger partial charge >= 0.3 is 0 Å². The summed E-state index contributed by atoms with van der Waals surface area (Å²) in [6.07, 6.45) is 2.16. The molecule has 2 heterocycles. The number of rotatable bonds is 3. The highest BCUT2D eigenvalue weighted by Crippen LogP contribution is 2.42. The molecule has 39 heavy (non-hydrogen) atoms. The van der Waals surface area contributed by atoms with Crippen molar-refractivity contribution in [1.29, 1.82) is 0 Å². The molecular weight excluding hydrogens is 482 g/mol. The summed E-state index contributed by atoms with van der Waals surface area (Å²) < 4.78 is 20.8. The third kappa shape index (κ3) is 4.21. The molecule has 0 spiro atoms. The van der Waals surface area contributed by atoms with Crippen LogP contribution in [0, 0.1) is 0 Å². The van der Waals surface area contributed by atoms with Crippen LogP contribution in [0.5, 0.6) is 5.75 Å². The van der Waals surface area contributed by atoms with E-state index < -0.39 is 5.79 Å². The molecule has 5 aromatic carbocycles. The third-order valence-corrected chi connectivity index (χ3v) is 8.12. The highest BCUT2D eigenvalue weighted by Gasteiger charge is 2.44. The summed E-state index contributed by atoms with van der Waals surface area (Å²) in [7, 11) is 1.69. The maximum atomic E-state index is 6.63. The van der Waals surface area contributed by atoms with E-state index in [-0.39, 0.29) is 12.1 Å². The van der Waals surface area contributed by atoms with Crippen molar-refractivity contribution in [2.24, 2.45) is 0 Å². The van der Waals surface area contributed by atoms with Crippen LogP contribution in [0.25, 0.3) is 32.7 Å². The predicted molar refractivity (Wildman–Crippen MR) is 157 cm³/mol. The van der Waals surface area contributed by atoms with Gasteiger partial charge in [-0.3, -0.25) is 0 Å². The number of nitrogens with zero attached hydrogens (tertiary/aromatic N) is 1. The molecule has 4 nitrogen and oxygen atoms in total. The lowest BCUT2D eigenvalue weighted by molar-refractivity contribution is -0.607. The molecule has 0 N–H and O–H groups in total. The molecule has 194 valence electrons. The monoisotopic (exact) mass is 514 g/mol. The van der Waals surface area contributed by atoms with Gasteiger partial charge in [0.25, 0.3) is 0 Å². The largest absolute Gasteiger partial charge is 0.497 e. The van der Waals surface area contributed by atoms with Crippen molar-refractivity contribution < 1.29 is 18.8 Å². The Labute approximate surface area is 229 Å². The first-order valence-corrected chi connectivity index (χ1v) is 13.6. The molecule has 1 saturated heterocycles. The van der Waals surface area contributed by atoms with Crippen molar-refractivity contribution in [2.75, 3.05) is 13.7 Å². The van der Waals surface area contributed by atoms with Gasteiger partial charge in [-0.2, -0.15) is 0 Å². The molecule has 2 atom stereocenters. The Balaban J connectivity index is 1.44. The van der Waals surface area contributed by atoms with Crippen LogP contribution in [0.4, 0.5) is 0 Å². The third-order valence-electron chi connectivity index (χ3n) is 8.12.